The molecule has 0 spiro atoms. The van der Waals surface area contributed by atoms with Crippen LogP contribution in [0.3, 0.4) is 0 Å². The molecule has 0 saturated heterocycles. The number of nitrogens with zero attached hydrogens (tertiary/aromatic N) is 3. The standard InChI is InChI=1S/C16H23N3O2/c1-3-13-14(9-17)16(19-18-15(13)4-2)21-12-7-5-11(10-20)6-8-12/h11-12,20H,3-8,10H2,1-2H3. The minimum Gasteiger partial charge on any atom is -0.472 e. The minimum atomic E-state index is 0.0754. The van der Waals surface area contributed by atoms with Crippen molar-refractivity contribution in [1.82, 2.24) is 10.2 Å². The van der Waals surface area contributed by atoms with Gasteiger partial charge in [0.1, 0.15) is 17.7 Å². The second-order valence-electron chi connectivity index (χ2n) is 5.57. The molecular weight excluding hydrogens is 266 g/mol. The smallest absolute Gasteiger partial charge is 0.252 e. The molecule has 0 bridgehead atoms. The van der Waals surface area contributed by atoms with Crippen molar-refractivity contribution < 1.29 is 9.84 Å². The zero-order valence-corrected chi connectivity index (χ0v) is 12.8. The Balaban J connectivity index is 2.15. The van der Waals surface area contributed by atoms with Crippen LogP contribution >= 0.6 is 0 Å². The van der Waals surface area contributed by atoms with Crippen LogP contribution in [0.15, 0.2) is 0 Å². The Hall–Kier alpha value is -1.67. The van der Waals surface area contributed by atoms with Gasteiger partial charge in [0.15, 0.2) is 0 Å². The van der Waals surface area contributed by atoms with Gasteiger partial charge in [-0.3, -0.25) is 0 Å². The minimum absolute atomic E-state index is 0.0754. The Morgan fingerprint density at radius 1 is 1.19 bits per heavy atom. The normalized spacial score (nSPS) is 21.8. The topological polar surface area (TPSA) is 79.0 Å². The number of hydrogen-bond donors (Lipinski definition) is 1. The van der Waals surface area contributed by atoms with E-state index in [1.807, 2.05) is 13.8 Å². The monoisotopic (exact) mass is 289 g/mol. The summed E-state index contributed by atoms with van der Waals surface area (Å²) < 4.78 is 5.93. The lowest BCUT2D eigenvalue weighted by Gasteiger charge is -2.27. The fourth-order valence-corrected chi connectivity index (χ4v) is 2.94. The number of aliphatic hydroxyl groups is 1. The molecule has 0 unspecified atom stereocenters. The molecule has 1 aliphatic rings. The van der Waals surface area contributed by atoms with Gasteiger partial charge in [-0.25, -0.2) is 0 Å². The van der Waals surface area contributed by atoms with Crippen molar-refractivity contribution >= 4 is 0 Å². The van der Waals surface area contributed by atoms with E-state index in [2.05, 4.69) is 16.3 Å². The molecule has 0 amide bonds. The lowest BCUT2D eigenvalue weighted by Crippen LogP contribution is -2.26. The number of rotatable bonds is 5. The summed E-state index contributed by atoms with van der Waals surface area (Å²) in [6, 6.07) is 2.23. The van der Waals surface area contributed by atoms with Crippen LogP contribution in [0.2, 0.25) is 0 Å². The fraction of sp³-hybridized carbons (Fsp3) is 0.688. The van der Waals surface area contributed by atoms with Gasteiger partial charge in [-0.1, -0.05) is 13.8 Å². The van der Waals surface area contributed by atoms with Crippen molar-refractivity contribution in [2.24, 2.45) is 5.92 Å². The highest BCUT2D eigenvalue weighted by Crippen LogP contribution is 2.29. The highest BCUT2D eigenvalue weighted by molar-refractivity contribution is 5.46. The van der Waals surface area contributed by atoms with Gasteiger partial charge >= 0.3 is 0 Å². The molecular formula is C16H23N3O2. The maximum Gasteiger partial charge on any atom is 0.252 e. The average Bonchev–Trinajstić information content (AvgIpc) is 2.54. The molecule has 1 aliphatic carbocycles. The highest BCUT2D eigenvalue weighted by atomic mass is 16.5. The first-order valence-corrected chi connectivity index (χ1v) is 7.79. The number of aromatic nitrogens is 2. The van der Waals surface area contributed by atoms with E-state index < -0.39 is 0 Å². The van der Waals surface area contributed by atoms with E-state index >= 15 is 0 Å². The van der Waals surface area contributed by atoms with Crippen molar-refractivity contribution in [3.05, 3.63) is 16.8 Å². The van der Waals surface area contributed by atoms with Gasteiger partial charge in [-0.05, 0) is 50.0 Å². The van der Waals surface area contributed by atoms with Gasteiger partial charge in [0.2, 0.25) is 0 Å². The number of aryl methyl sites for hydroxylation is 1. The first-order chi connectivity index (χ1) is 10.2. The van der Waals surface area contributed by atoms with Crippen LogP contribution in [-0.2, 0) is 12.8 Å². The number of aliphatic hydroxyl groups excluding tert-OH is 1. The molecule has 1 fully saturated rings. The summed E-state index contributed by atoms with van der Waals surface area (Å²) in [4.78, 5) is 0. The zero-order valence-electron chi connectivity index (χ0n) is 12.8. The first kappa shape index (κ1) is 15.7. The summed E-state index contributed by atoms with van der Waals surface area (Å²) in [7, 11) is 0. The van der Waals surface area contributed by atoms with E-state index in [1.54, 1.807) is 0 Å². The summed E-state index contributed by atoms with van der Waals surface area (Å²) >= 11 is 0. The molecule has 0 aliphatic heterocycles. The highest BCUT2D eigenvalue weighted by Gasteiger charge is 2.24. The predicted molar refractivity (Wildman–Crippen MR) is 79.0 cm³/mol. The second-order valence-corrected chi connectivity index (χ2v) is 5.57. The third-order valence-electron chi connectivity index (χ3n) is 4.26. The average molecular weight is 289 g/mol. The van der Waals surface area contributed by atoms with Crippen LogP contribution in [0.1, 0.15) is 56.4 Å². The van der Waals surface area contributed by atoms with Crippen molar-refractivity contribution in [2.45, 2.75) is 58.5 Å². The molecule has 1 N–H and O–H groups in total. The maximum atomic E-state index is 9.43. The lowest BCUT2D eigenvalue weighted by molar-refractivity contribution is 0.0992. The summed E-state index contributed by atoms with van der Waals surface area (Å²) in [6.07, 6.45) is 5.33. The summed E-state index contributed by atoms with van der Waals surface area (Å²) in [5.41, 5.74) is 2.37. The second kappa shape index (κ2) is 7.37. The lowest BCUT2D eigenvalue weighted by atomic mass is 9.88. The first-order valence-electron chi connectivity index (χ1n) is 7.79. The number of ether oxygens (including phenoxy) is 1. The molecule has 21 heavy (non-hydrogen) atoms. The molecule has 114 valence electrons. The van der Waals surface area contributed by atoms with Crippen molar-refractivity contribution in [1.29, 1.82) is 5.26 Å². The van der Waals surface area contributed by atoms with Gasteiger partial charge in [0.05, 0.1) is 5.69 Å². The predicted octanol–water partition coefficient (Wildman–Crippen LogP) is 2.40. The van der Waals surface area contributed by atoms with E-state index in [-0.39, 0.29) is 12.7 Å². The summed E-state index contributed by atoms with van der Waals surface area (Å²) in [6.45, 7) is 4.29. The van der Waals surface area contributed by atoms with Gasteiger partial charge in [0, 0.05) is 6.61 Å². The van der Waals surface area contributed by atoms with Gasteiger partial charge < -0.3 is 9.84 Å². The molecule has 5 heteroatoms. The largest absolute Gasteiger partial charge is 0.472 e. The Kier molecular flexibility index (Phi) is 5.51. The molecule has 2 rings (SSSR count). The van der Waals surface area contributed by atoms with Crippen LogP contribution < -0.4 is 4.74 Å². The Labute approximate surface area is 126 Å². The van der Waals surface area contributed by atoms with Crippen molar-refractivity contribution in [3.63, 3.8) is 0 Å². The molecule has 0 radical (unpaired) electrons. The van der Waals surface area contributed by atoms with Gasteiger partial charge in [-0.2, -0.15) is 10.4 Å². The van der Waals surface area contributed by atoms with E-state index in [0.717, 1.165) is 49.8 Å². The van der Waals surface area contributed by atoms with Crippen LogP contribution in [0.25, 0.3) is 0 Å². The van der Waals surface area contributed by atoms with Crippen LogP contribution in [-0.4, -0.2) is 28.0 Å². The third kappa shape index (κ3) is 3.51. The van der Waals surface area contributed by atoms with Crippen LogP contribution in [0, 0.1) is 17.2 Å². The third-order valence-corrected chi connectivity index (χ3v) is 4.26. The molecule has 5 nitrogen and oxygen atoms in total. The van der Waals surface area contributed by atoms with Gasteiger partial charge in [-0.15, -0.1) is 5.10 Å². The molecule has 1 heterocycles. The van der Waals surface area contributed by atoms with Crippen molar-refractivity contribution in [2.75, 3.05) is 6.61 Å². The molecule has 0 atom stereocenters. The fourth-order valence-electron chi connectivity index (χ4n) is 2.94. The molecule has 0 aromatic carbocycles. The summed E-state index contributed by atoms with van der Waals surface area (Å²) in [5, 5.41) is 26.9. The quantitative estimate of drug-likeness (QED) is 0.900. The van der Waals surface area contributed by atoms with Crippen LogP contribution in [0.4, 0.5) is 0 Å². The van der Waals surface area contributed by atoms with Crippen molar-refractivity contribution in [3.8, 4) is 11.9 Å². The van der Waals surface area contributed by atoms with E-state index in [1.165, 1.54) is 0 Å². The Morgan fingerprint density at radius 3 is 2.43 bits per heavy atom. The maximum absolute atomic E-state index is 9.43. The van der Waals surface area contributed by atoms with E-state index in [4.69, 9.17) is 9.84 Å². The van der Waals surface area contributed by atoms with E-state index in [9.17, 15) is 5.26 Å². The Morgan fingerprint density at radius 2 is 1.90 bits per heavy atom. The number of nitriles is 1. The molecule has 1 aromatic heterocycles. The van der Waals surface area contributed by atoms with Crippen LogP contribution in [0.5, 0.6) is 5.88 Å². The Bertz CT molecular complexity index is 517. The van der Waals surface area contributed by atoms with Gasteiger partial charge in [0.25, 0.3) is 5.88 Å². The summed E-state index contributed by atoms with van der Waals surface area (Å²) in [5.74, 6) is 0.763. The van der Waals surface area contributed by atoms with E-state index in [0.29, 0.717) is 17.4 Å². The molecule has 1 saturated carbocycles. The molecule has 1 aromatic rings. The number of hydrogen-bond acceptors (Lipinski definition) is 5. The SMILES string of the molecule is CCc1nnc(OC2CCC(CO)CC2)c(C#N)c1CC. The zero-order chi connectivity index (χ0) is 15.2.